The van der Waals surface area contributed by atoms with Gasteiger partial charge in [0.15, 0.2) is 0 Å². The van der Waals surface area contributed by atoms with Crippen molar-refractivity contribution in [2.24, 2.45) is 0 Å². The number of hydrogen-bond acceptors (Lipinski definition) is 5. The quantitative estimate of drug-likeness (QED) is 0.449. The molecule has 0 aliphatic heterocycles. The highest BCUT2D eigenvalue weighted by atomic mass is 16.6. The minimum Gasteiger partial charge on any atom is -0.398 e. The van der Waals surface area contributed by atoms with Crippen molar-refractivity contribution >= 4 is 17.3 Å². The number of nitrogens with one attached hydrogen (secondary N) is 1. The minimum absolute atomic E-state index is 0.000182. The van der Waals surface area contributed by atoms with E-state index < -0.39 is 4.92 Å². The highest BCUT2D eigenvalue weighted by Gasteiger charge is 2.13. The maximum Gasteiger partial charge on any atom is 0.269 e. The average Bonchev–Trinajstić information content (AvgIpc) is 2.39. The molecule has 7 heteroatoms. The zero-order valence-corrected chi connectivity index (χ0v) is 11.0. The Bertz CT molecular complexity index is 476. The normalized spacial score (nSPS) is 10.5. The first-order valence-corrected chi connectivity index (χ1v) is 5.93. The monoisotopic (exact) mass is 266 g/mol. The van der Waals surface area contributed by atoms with E-state index in [-0.39, 0.29) is 18.1 Å². The largest absolute Gasteiger partial charge is 0.398 e. The minimum atomic E-state index is -0.460. The summed E-state index contributed by atoms with van der Waals surface area (Å²) in [4.78, 5) is 23.5. The van der Waals surface area contributed by atoms with Crippen molar-refractivity contribution in [3.63, 3.8) is 0 Å². The number of nitrogens with two attached hydrogens (primary N) is 1. The molecule has 0 fully saturated rings. The number of nitro groups is 1. The average molecular weight is 266 g/mol. The van der Waals surface area contributed by atoms with Crippen LogP contribution in [0.5, 0.6) is 0 Å². The molecule has 0 aliphatic carbocycles. The molecule has 0 radical (unpaired) electrons. The lowest BCUT2D eigenvalue weighted by Gasteiger charge is -2.20. The maximum atomic E-state index is 11.3. The molecular weight excluding hydrogens is 248 g/mol. The molecule has 19 heavy (non-hydrogen) atoms. The maximum absolute atomic E-state index is 11.3. The second-order valence-electron chi connectivity index (χ2n) is 4.12. The molecule has 0 aromatic heterocycles. The molecule has 0 bridgehead atoms. The standard InChI is InChI=1S/C12H18N4O3/c1-3-15(8-12(17)14-2)7-9-6-10(16(18)19)4-5-11(9)13/h4-6H,3,7-8,13H2,1-2H3,(H,14,17). The van der Waals surface area contributed by atoms with Crippen LogP contribution in [-0.2, 0) is 11.3 Å². The zero-order valence-electron chi connectivity index (χ0n) is 11.0. The molecule has 0 aliphatic rings. The predicted octanol–water partition coefficient (Wildman–Crippen LogP) is 0.745. The Balaban J connectivity index is 2.86. The number of nitro benzene ring substituents is 1. The van der Waals surface area contributed by atoms with Crippen LogP contribution in [0.3, 0.4) is 0 Å². The second kappa shape index (κ2) is 6.69. The number of carbonyl (C=O) groups is 1. The summed E-state index contributed by atoms with van der Waals surface area (Å²) in [6.07, 6.45) is 0. The molecule has 0 spiro atoms. The number of anilines is 1. The number of likely N-dealkylation sites (N-methyl/N-ethyl adjacent to an activating group) is 2. The molecule has 1 aromatic carbocycles. The van der Waals surface area contributed by atoms with Gasteiger partial charge < -0.3 is 11.1 Å². The Hall–Kier alpha value is -2.15. The van der Waals surface area contributed by atoms with Crippen molar-refractivity contribution < 1.29 is 9.72 Å². The number of nitrogen functional groups attached to an aromatic ring is 1. The SMILES string of the molecule is CCN(CC(=O)NC)Cc1cc([N+](=O)[O-])ccc1N. The van der Waals surface area contributed by atoms with Crippen molar-refractivity contribution in [3.05, 3.63) is 33.9 Å². The summed E-state index contributed by atoms with van der Waals surface area (Å²) in [6.45, 7) is 3.19. The van der Waals surface area contributed by atoms with Gasteiger partial charge in [-0.2, -0.15) is 0 Å². The lowest BCUT2D eigenvalue weighted by molar-refractivity contribution is -0.384. The summed E-state index contributed by atoms with van der Waals surface area (Å²) in [5.41, 5.74) is 6.95. The summed E-state index contributed by atoms with van der Waals surface area (Å²) in [5, 5.41) is 13.3. The van der Waals surface area contributed by atoms with E-state index in [1.54, 1.807) is 7.05 Å². The number of hydrogen-bond donors (Lipinski definition) is 2. The van der Waals surface area contributed by atoms with E-state index in [1.807, 2.05) is 11.8 Å². The fraction of sp³-hybridized carbons (Fsp3) is 0.417. The Morgan fingerprint density at radius 2 is 2.21 bits per heavy atom. The first kappa shape index (κ1) is 14.9. The van der Waals surface area contributed by atoms with E-state index >= 15 is 0 Å². The smallest absolute Gasteiger partial charge is 0.269 e. The van der Waals surface area contributed by atoms with Gasteiger partial charge in [0.25, 0.3) is 5.69 Å². The molecule has 1 aromatic rings. The van der Waals surface area contributed by atoms with Crippen LogP contribution in [0, 0.1) is 10.1 Å². The van der Waals surface area contributed by atoms with E-state index in [2.05, 4.69) is 5.32 Å². The van der Waals surface area contributed by atoms with Crippen molar-refractivity contribution in [1.82, 2.24) is 10.2 Å². The highest BCUT2D eigenvalue weighted by molar-refractivity contribution is 5.77. The molecule has 1 rings (SSSR count). The van der Waals surface area contributed by atoms with Gasteiger partial charge in [-0.05, 0) is 18.2 Å². The predicted molar refractivity (Wildman–Crippen MR) is 72.5 cm³/mol. The first-order chi connectivity index (χ1) is 8.97. The summed E-state index contributed by atoms with van der Waals surface area (Å²) in [5.74, 6) is -0.106. The second-order valence-corrected chi connectivity index (χ2v) is 4.12. The molecule has 0 saturated heterocycles. The van der Waals surface area contributed by atoms with E-state index in [9.17, 15) is 14.9 Å². The molecule has 1 amide bonds. The summed E-state index contributed by atoms with van der Waals surface area (Å²) in [6, 6.07) is 4.33. The number of carbonyl (C=O) groups excluding carboxylic acids is 1. The lowest BCUT2D eigenvalue weighted by Crippen LogP contribution is -2.35. The Labute approximate surface area is 111 Å². The highest BCUT2D eigenvalue weighted by Crippen LogP contribution is 2.21. The number of amides is 1. The fourth-order valence-corrected chi connectivity index (χ4v) is 1.65. The fourth-order valence-electron chi connectivity index (χ4n) is 1.65. The van der Waals surface area contributed by atoms with Crippen LogP contribution >= 0.6 is 0 Å². The molecule has 7 nitrogen and oxygen atoms in total. The summed E-state index contributed by atoms with van der Waals surface area (Å²) < 4.78 is 0. The number of non-ortho nitro benzene ring substituents is 1. The van der Waals surface area contributed by atoms with Gasteiger partial charge in [-0.3, -0.25) is 19.8 Å². The van der Waals surface area contributed by atoms with Gasteiger partial charge in [0.05, 0.1) is 11.5 Å². The molecule has 0 unspecified atom stereocenters. The van der Waals surface area contributed by atoms with E-state index in [0.29, 0.717) is 24.3 Å². The van der Waals surface area contributed by atoms with Crippen molar-refractivity contribution in [1.29, 1.82) is 0 Å². The third-order valence-electron chi connectivity index (χ3n) is 2.82. The summed E-state index contributed by atoms with van der Waals surface area (Å²) >= 11 is 0. The van der Waals surface area contributed by atoms with Gasteiger partial charge in [-0.1, -0.05) is 6.92 Å². The first-order valence-electron chi connectivity index (χ1n) is 5.93. The molecule has 0 heterocycles. The molecule has 0 saturated carbocycles. The molecule has 3 N–H and O–H groups in total. The van der Waals surface area contributed by atoms with Crippen LogP contribution in [0.15, 0.2) is 18.2 Å². The van der Waals surface area contributed by atoms with Crippen molar-refractivity contribution in [3.8, 4) is 0 Å². The van der Waals surface area contributed by atoms with Crippen LogP contribution in [0.1, 0.15) is 12.5 Å². The van der Waals surface area contributed by atoms with Gasteiger partial charge >= 0.3 is 0 Å². The van der Waals surface area contributed by atoms with Gasteiger partial charge in [-0.15, -0.1) is 0 Å². The van der Waals surface area contributed by atoms with Crippen molar-refractivity contribution in [2.45, 2.75) is 13.5 Å². The third kappa shape index (κ3) is 4.22. The Morgan fingerprint density at radius 3 is 2.74 bits per heavy atom. The Morgan fingerprint density at radius 1 is 1.53 bits per heavy atom. The van der Waals surface area contributed by atoms with Gasteiger partial charge in [0, 0.05) is 31.4 Å². The molecule has 0 atom stereocenters. The number of benzene rings is 1. The van der Waals surface area contributed by atoms with Crippen LogP contribution in [0.2, 0.25) is 0 Å². The molecule has 104 valence electrons. The van der Waals surface area contributed by atoms with Gasteiger partial charge in [-0.25, -0.2) is 0 Å². The van der Waals surface area contributed by atoms with Crippen LogP contribution in [0.4, 0.5) is 11.4 Å². The lowest BCUT2D eigenvalue weighted by atomic mass is 10.1. The van der Waals surface area contributed by atoms with E-state index in [0.717, 1.165) is 0 Å². The van der Waals surface area contributed by atoms with E-state index in [4.69, 9.17) is 5.73 Å². The van der Waals surface area contributed by atoms with Crippen LogP contribution in [0.25, 0.3) is 0 Å². The number of rotatable bonds is 6. The van der Waals surface area contributed by atoms with Crippen LogP contribution in [-0.4, -0.2) is 35.9 Å². The zero-order chi connectivity index (χ0) is 14.4. The Kier molecular flexibility index (Phi) is 5.25. The van der Waals surface area contributed by atoms with Gasteiger partial charge in [0.2, 0.25) is 5.91 Å². The van der Waals surface area contributed by atoms with Crippen molar-refractivity contribution in [2.75, 3.05) is 25.9 Å². The van der Waals surface area contributed by atoms with Crippen LogP contribution < -0.4 is 11.1 Å². The van der Waals surface area contributed by atoms with E-state index in [1.165, 1.54) is 18.2 Å². The third-order valence-corrected chi connectivity index (χ3v) is 2.82. The topological polar surface area (TPSA) is 102 Å². The number of nitrogens with zero attached hydrogens (tertiary/aromatic N) is 2. The van der Waals surface area contributed by atoms with Gasteiger partial charge in [0.1, 0.15) is 0 Å². The summed E-state index contributed by atoms with van der Waals surface area (Å²) in [7, 11) is 1.57. The molecular formula is C12H18N4O3.